The summed E-state index contributed by atoms with van der Waals surface area (Å²) in [5.41, 5.74) is 0.607. The van der Waals surface area contributed by atoms with E-state index in [4.69, 9.17) is 16.3 Å². The molecule has 2 aliphatic rings. The second kappa shape index (κ2) is 8.17. The van der Waals surface area contributed by atoms with Crippen molar-refractivity contribution < 1.29 is 21.6 Å². The molecule has 11 heteroatoms. The van der Waals surface area contributed by atoms with E-state index >= 15 is 0 Å². The Morgan fingerprint density at radius 2 is 1.46 bits per heavy atom. The normalized spacial score (nSPS) is 26.4. The molecule has 2 unspecified atom stereocenters. The lowest BCUT2D eigenvalue weighted by Crippen LogP contribution is -2.57. The maximum Gasteiger partial charge on any atom is 0.282 e. The Balaban J connectivity index is 1.72. The number of hydrogen-bond acceptors (Lipinski definition) is 5. The van der Waals surface area contributed by atoms with Crippen LogP contribution in [0.15, 0.2) is 23.1 Å². The van der Waals surface area contributed by atoms with Gasteiger partial charge in [0.1, 0.15) is 0 Å². The van der Waals surface area contributed by atoms with Gasteiger partial charge in [-0.2, -0.15) is 21.3 Å². The molecule has 2 heterocycles. The second-order valence-corrected chi connectivity index (χ2v) is 11.6. The van der Waals surface area contributed by atoms with Gasteiger partial charge in [-0.05, 0) is 38.5 Å². The molecule has 0 radical (unpaired) electrons. The number of nitrogens with zero attached hydrogens (tertiary/aromatic N) is 3. The molecule has 2 aliphatic heterocycles. The van der Waals surface area contributed by atoms with Crippen LogP contribution in [0.5, 0.6) is 0 Å². The number of ether oxygens (including phenoxy) is 1. The number of morpholine rings is 1. The number of aryl methyl sites for hydroxylation is 1. The summed E-state index contributed by atoms with van der Waals surface area (Å²) in [5.74, 6) is 0. The third-order valence-electron chi connectivity index (χ3n) is 5.00. The summed E-state index contributed by atoms with van der Waals surface area (Å²) >= 11 is 5.97. The van der Waals surface area contributed by atoms with Crippen LogP contribution in [0.3, 0.4) is 0 Å². The van der Waals surface area contributed by atoms with Crippen molar-refractivity contribution in [1.29, 1.82) is 0 Å². The van der Waals surface area contributed by atoms with Crippen molar-refractivity contribution >= 4 is 31.8 Å². The maximum atomic E-state index is 13.0. The topological polar surface area (TPSA) is 87.2 Å². The molecule has 158 valence electrons. The Labute approximate surface area is 172 Å². The highest BCUT2D eigenvalue weighted by Crippen LogP contribution is 2.26. The third-order valence-corrected chi connectivity index (χ3v) is 9.25. The molecular weight excluding hydrogens is 426 g/mol. The van der Waals surface area contributed by atoms with Gasteiger partial charge in [-0.15, -0.1) is 0 Å². The summed E-state index contributed by atoms with van der Waals surface area (Å²) in [6.45, 7) is 6.42. The van der Waals surface area contributed by atoms with E-state index in [1.807, 2.05) is 13.8 Å². The molecule has 0 saturated carbocycles. The van der Waals surface area contributed by atoms with Crippen LogP contribution < -0.4 is 0 Å². The fraction of sp³-hybridized carbons (Fsp3) is 0.647. The van der Waals surface area contributed by atoms with Crippen LogP contribution in [0.1, 0.15) is 19.4 Å². The van der Waals surface area contributed by atoms with E-state index < -0.39 is 20.2 Å². The van der Waals surface area contributed by atoms with E-state index in [1.165, 1.54) is 19.0 Å². The Morgan fingerprint density at radius 1 is 0.929 bits per heavy atom. The molecule has 1 aromatic rings. The van der Waals surface area contributed by atoms with Crippen LogP contribution in [0.4, 0.5) is 0 Å². The van der Waals surface area contributed by atoms with Crippen molar-refractivity contribution in [3.63, 3.8) is 0 Å². The summed E-state index contributed by atoms with van der Waals surface area (Å²) in [5, 5.41) is 0.348. The van der Waals surface area contributed by atoms with Gasteiger partial charge in [-0.3, -0.25) is 0 Å². The molecule has 3 rings (SSSR count). The van der Waals surface area contributed by atoms with Crippen molar-refractivity contribution in [2.24, 2.45) is 0 Å². The van der Waals surface area contributed by atoms with E-state index in [2.05, 4.69) is 0 Å². The Bertz CT molecular complexity index is 920. The summed E-state index contributed by atoms with van der Waals surface area (Å²) in [6.07, 6.45) is -0.350. The standard InChI is InChI=1S/C17H26ClN3O5S2/c1-13-4-5-16(18)10-17(13)27(22,23)19-6-8-20(9-7-19)28(24,25)21-11-14(2)26-15(3)12-21/h4-5,10,14-15H,6-9,11-12H2,1-3H3. The Morgan fingerprint density at radius 3 is 2.04 bits per heavy atom. The average molecular weight is 452 g/mol. The van der Waals surface area contributed by atoms with Gasteiger partial charge in [0.25, 0.3) is 10.2 Å². The molecule has 2 atom stereocenters. The molecule has 0 spiro atoms. The molecule has 2 saturated heterocycles. The predicted molar refractivity (Wildman–Crippen MR) is 107 cm³/mol. The molecule has 0 amide bonds. The first-order valence-corrected chi connectivity index (χ1v) is 12.4. The van der Waals surface area contributed by atoms with Crippen molar-refractivity contribution in [3.8, 4) is 0 Å². The van der Waals surface area contributed by atoms with Gasteiger partial charge in [0.05, 0.1) is 17.1 Å². The van der Waals surface area contributed by atoms with Gasteiger partial charge in [0, 0.05) is 44.3 Å². The van der Waals surface area contributed by atoms with E-state index in [0.717, 1.165) is 0 Å². The summed E-state index contributed by atoms with van der Waals surface area (Å²) in [7, 11) is -7.39. The molecule has 2 fully saturated rings. The average Bonchev–Trinajstić information content (AvgIpc) is 2.63. The molecule has 0 N–H and O–H groups in total. The van der Waals surface area contributed by atoms with E-state index in [-0.39, 0.29) is 43.3 Å². The first kappa shape index (κ1) is 21.9. The van der Waals surface area contributed by atoms with Crippen LogP contribution in [-0.4, -0.2) is 81.2 Å². The van der Waals surface area contributed by atoms with Crippen LogP contribution in [0.25, 0.3) is 0 Å². The van der Waals surface area contributed by atoms with Crippen molar-refractivity contribution in [2.75, 3.05) is 39.3 Å². The lowest BCUT2D eigenvalue weighted by atomic mass is 10.2. The van der Waals surface area contributed by atoms with Gasteiger partial charge in [-0.25, -0.2) is 8.42 Å². The fourth-order valence-corrected chi connectivity index (χ4v) is 7.27. The smallest absolute Gasteiger partial charge is 0.282 e. The monoisotopic (exact) mass is 451 g/mol. The van der Waals surface area contributed by atoms with Gasteiger partial charge >= 0.3 is 0 Å². The van der Waals surface area contributed by atoms with Crippen LogP contribution in [0, 0.1) is 6.92 Å². The van der Waals surface area contributed by atoms with E-state index in [0.29, 0.717) is 23.7 Å². The number of piperazine rings is 1. The number of halogens is 1. The van der Waals surface area contributed by atoms with Crippen molar-refractivity contribution in [2.45, 2.75) is 37.9 Å². The van der Waals surface area contributed by atoms with Crippen LogP contribution in [-0.2, 0) is 25.0 Å². The van der Waals surface area contributed by atoms with Gasteiger partial charge < -0.3 is 4.74 Å². The van der Waals surface area contributed by atoms with Crippen LogP contribution in [0.2, 0.25) is 5.02 Å². The highest BCUT2D eigenvalue weighted by molar-refractivity contribution is 7.89. The van der Waals surface area contributed by atoms with Crippen LogP contribution >= 0.6 is 11.6 Å². The molecule has 0 aromatic heterocycles. The molecule has 1 aromatic carbocycles. The lowest BCUT2D eigenvalue weighted by molar-refractivity contribution is -0.0456. The molecule has 0 bridgehead atoms. The fourth-order valence-electron chi connectivity index (χ4n) is 3.61. The zero-order chi connectivity index (χ0) is 20.7. The maximum absolute atomic E-state index is 13.0. The largest absolute Gasteiger partial charge is 0.373 e. The van der Waals surface area contributed by atoms with E-state index in [1.54, 1.807) is 19.1 Å². The third kappa shape index (κ3) is 4.38. The molecule has 8 nitrogen and oxygen atoms in total. The highest BCUT2D eigenvalue weighted by Gasteiger charge is 2.39. The van der Waals surface area contributed by atoms with Gasteiger partial charge in [0.15, 0.2) is 0 Å². The van der Waals surface area contributed by atoms with Crippen molar-refractivity contribution in [3.05, 3.63) is 28.8 Å². The molecule has 0 aliphatic carbocycles. The number of sulfonamides is 1. The SMILES string of the molecule is Cc1ccc(Cl)cc1S(=O)(=O)N1CCN(S(=O)(=O)N2CC(C)OC(C)C2)CC1. The summed E-state index contributed by atoms with van der Waals surface area (Å²) in [4.78, 5) is 0.159. The Hall–Kier alpha value is -0.750. The zero-order valence-electron chi connectivity index (χ0n) is 16.2. The molecule has 28 heavy (non-hydrogen) atoms. The summed E-state index contributed by atoms with van der Waals surface area (Å²) < 4.78 is 61.6. The van der Waals surface area contributed by atoms with Gasteiger partial charge in [0.2, 0.25) is 10.0 Å². The zero-order valence-corrected chi connectivity index (χ0v) is 18.6. The number of hydrogen-bond donors (Lipinski definition) is 0. The Kier molecular flexibility index (Phi) is 6.41. The van der Waals surface area contributed by atoms with Gasteiger partial charge in [-0.1, -0.05) is 17.7 Å². The van der Waals surface area contributed by atoms with Crippen molar-refractivity contribution in [1.82, 2.24) is 12.9 Å². The minimum absolute atomic E-state index is 0.100. The number of rotatable bonds is 4. The van der Waals surface area contributed by atoms with E-state index in [9.17, 15) is 16.8 Å². The predicted octanol–water partition coefficient (Wildman–Crippen LogP) is 1.31. The first-order valence-electron chi connectivity index (χ1n) is 9.19. The summed E-state index contributed by atoms with van der Waals surface area (Å²) in [6, 6.07) is 4.74. The minimum Gasteiger partial charge on any atom is -0.373 e. The lowest BCUT2D eigenvalue weighted by Gasteiger charge is -2.40. The minimum atomic E-state index is -3.73. The second-order valence-electron chi connectivity index (χ2n) is 7.30. The first-order chi connectivity index (χ1) is 13.0. The number of benzene rings is 1. The highest BCUT2D eigenvalue weighted by atomic mass is 35.5. The molecular formula is C17H26ClN3O5S2. The quantitative estimate of drug-likeness (QED) is 0.688.